The maximum absolute atomic E-state index is 12.4. The van der Waals surface area contributed by atoms with Crippen molar-refractivity contribution in [2.75, 3.05) is 10.6 Å². The van der Waals surface area contributed by atoms with E-state index in [1.54, 1.807) is 36.4 Å². The predicted octanol–water partition coefficient (Wildman–Crippen LogP) is 4.94. The van der Waals surface area contributed by atoms with Gasteiger partial charge in [0.2, 0.25) is 0 Å². The number of hydrogen-bond donors (Lipinski definition) is 4. The Morgan fingerprint density at radius 2 is 1.31 bits per heavy atom. The molecule has 0 saturated heterocycles. The van der Waals surface area contributed by atoms with Crippen molar-refractivity contribution < 1.29 is 19.5 Å². The van der Waals surface area contributed by atoms with Crippen LogP contribution in [0.1, 0.15) is 21.5 Å². The first-order chi connectivity index (χ1) is 15.2. The summed E-state index contributed by atoms with van der Waals surface area (Å²) in [5, 5.41) is 16.7. The number of benzene rings is 3. The number of carbonyl (C=O) groups is 3. The second-order valence-corrected chi connectivity index (χ2v) is 7.24. The molecule has 0 bridgehead atoms. The number of aryl methyl sites for hydroxylation is 2. The van der Waals surface area contributed by atoms with Gasteiger partial charge in [0.1, 0.15) is 5.70 Å². The molecule has 0 aliphatic heterocycles. The Bertz CT molecular complexity index is 1160. The molecule has 4 N–H and O–H groups in total. The monoisotopic (exact) mass is 429 g/mol. The van der Waals surface area contributed by atoms with E-state index in [0.717, 1.165) is 27.9 Å². The molecule has 3 aromatic rings. The van der Waals surface area contributed by atoms with Gasteiger partial charge in [0.15, 0.2) is 0 Å². The maximum Gasteiger partial charge on any atom is 0.351 e. The summed E-state index contributed by atoms with van der Waals surface area (Å²) < 4.78 is 0. The van der Waals surface area contributed by atoms with Crippen LogP contribution in [0.2, 0.25) is 0 Å². The van der Waals surface area contributed by atoms with E-state index in [0.29, 0.717) is 11.3 Å². The molecular formula is C25H23N3O4. The summed E-state index contributed by atoms with van der Waals surface area (Å²) in [6.45, 7) is 7.16. The van der Waals surface area contributed by atoms with Gasteiger partial charge in [-0.15, -0.1) is 0 Å². The van der Waals surface area contributed by atoms with Gasteiger partial charge in [-0.05, 0) is 60.4 Å². The van der Waals surface area contributed by atoms with Crippen molar-refractivity contribution in [3.63, 3.8) is 0 Å². The quantitative estimate of drug-likeness (QED) is 0.416. The van der Waals surface area contributed by atoms with Gasteiger partial charge in [-0.3, -0.25) is 4.79 Å². The van der Waals surface area contributed by atoms with Crippen molar-refractivity contribution in [1.82, 2.24) is 5.32 Å². The fourth-order valence-electron chi connectivity index (χ4n) is 3.11. The molecule has 0 fully saturated rings. The molecular weight excluding hydrogens is 406 g/mol. The number of amides is 3. The molecule has 3 aromatic carbocycles. The van der Waals surface area contributed by atoms with Gasteiger partial charge in [-0.25, -0.2) is 9.59 Å². The molecule has 0 atom stereocenters. The molecule has 0 unspecified atom stereocenters. The van der Waals surface area contributed by atoms with E-state index in [4.69, 9.17) is 5.11 Å². The Hall–Kier alpha value is -4.39. The summed E-state index contributed by atoms with van der Waals surface area (Å²) >= 11 is 0. The van der Waals surface area contributed by atoms with E-state index in [1.165, 1.54) is 0 Å². The molecule has 0 aliphatic carbocycles. The molecule has 0 radical (unpaired) electrons. The van der Waals surface area contributed by atoms with Crippen molar-refractivity contribution in [2.24, 2.45) is 0 Å². The van der Waals surface area contributed by atoms with E-state index in [-0.39, 0.29) is 11.7 Å². The van der Waals surface area contributed by atoms with Crippen LogP contribution in [-0.4, -0.2) is 23.0 Å². The van der Waals surface area contributed by atoms with Gasteiger partial charge in [0, 0.05) is 16.9 Å². The summed E-state index contributed by atoms with van der Waals surface area (Å²) in [5.74, 6) is -1.83. The molecule has 7 heteroatoms. The Morgan fingerprint density at radius 1 is 0.781 bits per heavy atom. The standard InChI is InChI=1S/C25H23N3O4/c1-15-5-4-6-16(2)22(15)28-25(32)27-21-13-11-19(12-14-21)18-7-9-20(10-8-18)23(29)26-17(3)24(30)31/h4-14H,3H2,1-2H3,(H,26,29)(H,30,31)(H2,27,28,32). The topological polar surface area (TPSA) is 108 Å². The molecule has 3 rings (SSSR count). The third-order valence-corrected chi connectivity index (χ3v) is 4.87. The largest absolute Gasteiger partial charge is 0.477 e. The predicted molar refractivity (Wildman–Crippen MR) is 125 cm³/mol. The molecule has 0 aromatic heterocycles. The van der Waals surface area contributed by atoms with Crippen LogP contribution in [0.4, 0.5) is 16.2 Å². The molecule has 0 heterocycles. The van der Waals surface area contributed by atoms with Crippen LogP contribution in [0.15, 0.2) is 79.0 Å². The zero-order valence-corrected chi connectivity index (χ0v) is 17.7. The van der Waals surface area contributed by atoms with Gasteiger partial charge in [-0.2, -0.15) is 0 Å². The number of rotatable bonds is 6. The van der Waals surface area contributed by atoms with Gasteiger partial charge in [-0.1, -0.05) is 49.0 Å². The van der Waals surface area contributed by atoms with Crippen LogP contribution in [0.25, 0.3) is 11.1 Å². The summed E-state index contributed by atoms with van der Waals surface area (Å²) in [6, 6.07) is 19.5. The number of hydrogen-bond acceptors (Lipinski definition) is 3. The number of aliphatic carboxylic acids is 1. The lowest BCUT2D eigenvalue weighted by atomic mass is 10.0. The van der Waals surface area contributed by atoms with Crippen molar-refractivity contribution in [3.8, 4) is 11.1 Å². The highest BCUT2D eigenvalue weighted by Gasteiger charge is 2.11. The third kappa shape index (κ3) is 5.40. The number of urea groups is 1. The maximum atomic E-state index is 12.4. The molecule has 32 heavy (non-hydrogen) atoms. The first-order valence-corrected chi connectivity index (χ1v) is 9.83. The van der Waals surface area contributed by atoms with Crippen molar-refractivity contribution in [3.05, 3.63) is 95.7 Å². The summed E-state index contributed by atoms with van der Waals surface area (Å²) in [7, 11) is 0. The molecule has 0 aliphatic rings. The lowest BCUT2D eigenvalue weighted by Crippen LogP contribution is -2.26. The Labute approximate surface area is 185 Å². The van der Waals surface area contributed by atoms with Crippen molar-refractivity contribution >= 4 is 29.3 Å². The minimum absolute atomic E-state index is 0.317. The lowest BCUT2D eigenvalue weighted by molar-refractivity contribution is -0.132. The second kappa shape index (κ2) is 9.61. The number of nitrogens with one attached hydrogen (secondary N) is 3. The number of carboxylic acids is 1. The average molecular weight is 429 g/mol. The normalized spacial score (nSPS) is 10.2. The van der Waals surface area contributed by atoms with Crippen LogP contribution < -0.4 is 16.0 Å². The van der Waals surface area contributed by atoms with E-state index < -0.39 is 11.9 Å². The highest BCUT2D eigenvalue weighted by molar-refractivity contribution is 6.01. The number of anilines is 2. The minimum atomic E-state index is -1.29. The zero-order chi connectivity index (χ0) is 23.3. The SMILES string of the molecule is C=C(NC(=O)c1ccc(-c2ccc(NC(=O)Nc3c(C)cccc3C)cc2)cc1)C(=O)O. The first kappa shape index (κ1) is 22.3. The van der Waals surface area contributed by atoms with Crippen LogP contribution in [0.5, 0.6) is 0 Å². The molecule has 3 amide bonds. The van der Waals surface area contributed by atoms with Gasteiger partial charge < -0.3 is 21.1 Å². The van der Waals surface area contributed by atoms with E-state index >= 15 is 0 Å². The molecule has 7 nitrogen and oxygen atoms in total. The summed E-state index contributed by atoms with van der Waals surface area (Å²) in [4.78, 5) is 35.2. The minimum Gasteiger partial charge on any atom is -0.477 e. The Morgan fingerprint density at radius 3 is 1.84 bits per heavy atom. The first-order valence-electron chi connectivity index (χ1n) is 9.83. The van der Waals surface area contributed by atoms with Gasteiger partial charge in [0.25, 0.3) is 5.91 Å². The molecule has 0 saturated carbocycles. The van der Waals surface area contributed by atoms with E-state index in [9.17, 15) is 14.4 Å². The van der Waals surface area contributed by atoms with Gasteiger partial charge in [0.05, 0.1) is 0 Å². The van der Waals surface area contributed by atoms with Gasteiger partial charge >= 0.3 is 12.0 Å². The number of carboxylic acid groups (broad SMARTS) is 1. The summed E-state index contributed by atoms with van der Waals surface area (Å²) in [6.07, 6.45) is 0. The summed E-state index contributed by atoms with van der Waals surface area (Å²) in [5.41, 5.74) is 5.09. The molecule has 162 valence electrons. The van der Waals surface area contributed by atoms with Crippen molar-refractivity contribution in [2.45, 2.75) is 13.8 Å². The van der Waals surface area contributed by atoms with Crippen LogP contribution in [-0.2, 0) is 4.79 Å². The van der Waals surface area contributed by atoms with Crippen LogP contribution in [0.3, 0.4) is 0 Å². The highest BCUT2D eigenvalue weighted by atomic mass is 16.4. The number of para-hydroxylation sites is 1. The van der Waals surface area contributed by atoms with Crippen LogP contribution >= 0.6 is 0 Å². The fraction of sp³-hybridized carbons (Fsp3) is 0.0800. The zero-order valence-electron chi connectivity index (χ0n) is 17.7. The van der Waals surface area contributed by atoms with Crippen molar-refractivity contribution in [1.29, 1.82) is 0 Å². The van der Waals surface area contributed by atoms with E-state index in [1.807, 2.05) is 44.2 Å². The smallest absolute Gasteiger partial charge is 0.351 e. The van der Waals surface area contributed by atoms with Crippen LogP contribution in [0, 0.1) is 13.8 Å². The highest BCUT2D eigenvalue weighted by Crippen LogP contribution is 2.23. The Kier molecular flexibility index (Phi) is 6.70. The van der Waals surface area contributed by atoms with E-state index in [2.05, 4.69) is 22.5 Å². The molecule has 0 spiro atoms. The second-order valence-electron chi connectivity index (χ2n) is 7.24. The third-order valence-electron chi connectivity index (χ3n) is 4.87. The lowest BCUT2D eigenvalue weighted by Gasteiger charge is -2.13. The average Bonchev–Trinajstić information content (AvgIpc) is 2.77. The Balaban J connectivity index is 1.64. The fourth-order valence-corrected chi connectivity index (χ4v) is 3.11. The number of carbonyl (C=O) groups excluding carboxylic acids is 2.